The average Bonchev–Trinajstić information content (AvgIpc) is 2.82. The van der Waals surface area contributed by atoms with E-state index in [1.54, 1.807) is 23.9 Å². The van der Waals surface area contributed by atoms with Crippen molar-refractivity contribution in [1.82, 2.24) is 15.4 Å². The number of hydrogen-bond donors (Lipinski definition) is 2. The molecule has 2 N–H and O–H groups in total. The smallest absolute Gasteiger partial charge is 0.286 e. The van der Waals surface area contributed by atoms with E-state index in [9.17, 15) is 19.7 Å². The molecule has 1 heterocycles. The van der Waals surface area contributed by atoms with Gasteiger partial charge < -0.3 is 4.57 Å². The first-order valence-electron chi connectivity index (χ1n) is 6.48. The number of aromatic nitrogens is 1. The third-order valence-corrected chi connectivity index (χ3v) is 3.59. The van der Waals surface area contributed by atoms with E-state index >= 15 is 0 Å². The highest BCUT2D eigenvalue weighted by Crippen LogP contribution is 2.22. The molecule has 0 spiro atoms. The lowest BCUT2D eigenvalue weighted by atomic mass is 10.1. The number of nitrogens with zero attached hydrogens (tertiary/aromatic N) is 2. The predicted molar refractivity (Wildman–Crippen MR) is 85.9 cm³/mol. The lowest BCUT2D eigenvalue weighted by Crippen LogP contribution is -2.42. The fraction of sp³-hybridized carbons (Fsp3) is 0.143. The molecule has 0 aliphatic carbocycles. The number of nitrogens with one attached hydrogen (secondary N) is 2. The molecule has 0 saturated carbocycles. The number of carbonyl (C=O) groups is 2. The van der Waals surface area contributed by atoms with Crippen LogP contribution in [0.2, 0.25) is 0 Å². The Labute approximate surface area is 139 Å². The van der Waals surface area contributed by atoms with E-state index < -0.39 is 16.7 Å². The molecule has 120 valence electrons. The predicted octanol–water partition coefficient (Wildman–Crippen LogP) is 2.08. The van der Waals surface area contributed by atoms with Crippen molar-refractivity contribution in [1.29, 1.82) is 0 Å². The molecule has 0 unspecified atom stereocenters. The number of nitro groups is 1. The molecule has 9 heteroatoms. The van der Waals surface area contributed by atoms with Crippen molar-refractivity contribution in [3.05, 3.63) is 61.9 Å². The topological polar surface area (TPSA) is 106 Å². The molecule has 0 saturated heterocycles. The lowest BCUT2D eigenvalue weighted by molar-refractivity contribution is -0.385. The van der Waals surface area contributed by atoms with Crippen LogP contribution in [-0.2, 0) is 7.05 Å². The Hall–Kier alpha value is -2.68. The van der Waals surface area contributed by atoms with Crippen molar-refractivity contribution in [3.63, 3.8) is 0 Å². The Morgan fingerprint density at radius 3 is 2.48 bits per heavy atom. The van der Waals surface area contributed by atoms with Crippen molar-refractivity contribution in [2.75, 3.05) is 0 Å². The Balaban J connectivity index is 2.15. The van der Waals surface area contributed by atoms with Gasteiger partial charge in [-0.05, 0) is 35.0 Å². The minimum Gasteiger partial charge on any atom is -0.345 e. The Kier molecular flexibility index (Phi) is 4.80. The van der Waals surface area contributed by atoms with Crippen LogP contribution in [-0.4, -0.2) is 21.3 Å². The first-order chi connectivity index (χ1) is 10.8. The second-order valence-corrected chi connectivity index (χ2v) is 5.71. The molecule has 0 fully saturated rings. The first kappa shape index (κ1) is 16.7. The maximum Gasteiger partial charge on any atom is 0.286 e. The first-order valence-corrected chi connectivity index (χ1v) is 7.27. The molecule has 1 aromatic heterocycles. The van der Waals surface area contributed by atoms with Gasteiger partial charge in [0.25, 0.3) is 17.5 Å². The van der Waals surface area contributed by atoms with Gasteiger partial charge in [-0.1, -0.05) is 12.1 Å². The summed E-state index contributed by atoms with van der Waals surface area (Å²) in [6.45, 7) is 1.54. The van der Waals surface area contributed by atoms with Crippen LogP contribution in [0.15, 0.2) is 34.9 Å². The van der Waals surface area contributed by atoms with Crippen molar-refractivity contribution in [2.45, 2.75) is 6.92 Å². The summed E-state index contributed by atoms with van der Waals surface area (Å²) in [6, 6.07) is 5.98. The van der Waals surface area contributed by atoms with Crippen LogP contribution in [0.3, 0.4) is 0 Å². The van der Waals surface area contributed by atoms with Crippen LogP contribution in [0, 0.1) is 17.0 Å². The summed E-state index contributed by atoms with van der Waals surface area (Å²) in [5.41, 5.74) is 4.68. The fourth-order valence-corrected chi connectivity index (χ4v) is 2.60. The van der Waals surface area contributed by atoms with Gasteiger partial charge in [-0.15, -0.1) is 0 Å². The zero-order valence-electron chi connectivity index (χ0n) is 12.3. The number of rotatable bonds is 3. The third-order valence-electron chi connectivity index (χ3n) is 3.16. The monoisotopic (exact) mass is 380 g/mol. The summed E-state index contributed by atoms with van der Waals surface area (Å²) in [7, 11) is 1.67. The quantitative estimate of drug-likeness (QED) is 0.627. The third kappa shape index (κ3) is 3.57. The van der Waals surface area contributed by atoms with E-state index in [0.29, 0.717) is 15.7 Å². The van der Waals surface area contributed by atoms with E-state index in [1.807, 2.05) is 0 Å². The molecule has 1 aromatic carbocycles. The Morgan fingerprint density at radius 1 is 1.26 bits per heavy atom. The number of nitro benzene ring substituents is 1. The van der Waals surface area contributed by atoms with E-state index in [0.717, 1.165) is 0 Å². The molecule has 0 aliphatic heterocycles. The number of carbonyl (C=O) groups excluding carboxylic acids is 2. The molecule has 2 amide bonds. The van der Waals surface area contributed by atoms with Gasteiger partial charge in [0.2, 0.25) is 0 Å². The number of benzene rings is 1. The number of amides is 2. The van der Waals surface area contributed by atoms with Crippen LogP contribution in [0.5, 0.6) is 0 Å². The van der Waals surface area contributed by atoms with E-state index in [1.165, 1.54) is 25.1 Å². The van der Waals surface area contributed by atoms with Crippen LogP contribution in [0.1, 0.15) is 26.4 Å². The maximum absolute atomic E-state index is 12.1. The largest absolute Gasteiger partial charge is 0.345 e. The highest BCUT2D eigenvalue weighted by atomic mass is 79.9. The van der Waals surface area contributed by atoms with Gasteiger partial charge in [-0.25, -0.2) is 0 Å². The van der Waals surface area contributed by atoms with Crippen molar-refractivity contribution in [2.24, 2.45) is 7.05 Å². The molecular formula is C14H13BrN4O4. The fourth-order valence-electron chi connectivity index (χ4n) is 2.08. The zero-order valence-corrected chi connectivity index (χ0v) is 13.9. The molecule has 0 atom stereocenters. The number of halogens is 1. The second kappa shape index (κ2) is 6.61. The van der Waals surface area contributed by atoms with Gasteiger partial charge in [0.05, 0.1) is 4.92 Å². The molecular weight excluding hydrogens is 368 g/mol. The van der Waals surface area contributed by atoms with Gasteiger partial charge in [0.15, 0.2) is 0 Å². The van der Waals surface area contributed by atoms with Gasteiger partial charge in [-0.2, -0.15) is 0 Å². The Bertz CT molecular complexity index is 800. The highest BCUT2D eigenvalue weighted by molar-refractivity contribution is 9.10. The minimum atomic E-state index is -0.762. The SMILES string of the molecule is Cc1cccc(C(=O)NNC(=O)c2cc(Br)cn2C)c1[N+](=O)[O-]. The Morgan fingerprint density at radius 2 is 1.91 bits per heavy atom. The second-order valence-electron chi connectivity index (χ2n) is 4.79. The van der Waals surface area contributed by atoms with E-state index in [2.05, 4.69) is 26.8 Å². The lowest BCUT2D eigenvalue weighted by Gasteiger charge is -2.09. The summed E-state index contributed by atoms with van der Waals surface area (Å²) in [5, 5.41) is 11.1. The molecule has 2 aromatic rings. The average molecular weight is 381 g/mol. The normalized spacial score (nSPS) is 10.2. The highest BCUT2D eigenvalue weighted by Gasteiger charge is 2.23. The standard InChI is InChI=1S/C14H13BrN4O4/c1-8-4-3-5-10(12(8)19(22)23)13(20)16-17-14(21)11-6-9(15)7-18(11)2/h3-7H,1-2H3,(H,16,20)(H,17,21). The number of hydrogen-bond acceptors (Lipinski definition) is 4. The number of hydrazine groups is 1. The van der Waals surface area contributed by atoms with E-state index in [4.69, 9.17) is 0 Å². The number of para-hydroxylation sites is 1. The van der Waals surface area contributed by atoms with Gasteiger partial charge in [-0.3, -0.25) is 30.6 Å². The minimum absolute atomic E-state index is 0.122. The summed E-state index contributed by atoms with van der Waals surface area (Å²) >= 11 is 3.24. The molecule has 0 aliphatic rings. The van der Waals surface area contributed by atoms with Crippen molar-refractivity contribution in [3.8, 4) is 0 Å². The zero-order chi connectivity index (χ0) is 17.1. The molecule has 8 nitrogen and oxygen atoms in total. The van der Waals surface area contributed by atoms with Gasteiger partial charge in [0.1, 0.15) is 11.3 Å². The van der Waals surface area contributed by atoms with Crippen LogP contribution < -0.4 is 10.9 Å². The molecule has 0 bridgehead atoms. The van der Waals surface area contributed by atoms with Crippen LogP contribution in [0.4, 0.5) is 5.69 Å². The van der Waals surface area contributed by atoms with Crippen LogP contribution >= 0.6 is 15.9 Å². The molecule has 0 radical (unpaired) electrons. The molecule has 23 heavy (non-hydrogen) atoms. The molecule has 2 rings (SSSR count). The summed E-state index contributed by atoms with van der Waals surface area (Å²) < 4.78 is 2.28. The maximum atomic E-state index is 12.1. The van der Waals surface area contributed by atoms with Crippen molar-refractivity contribution < 1.29 is 14.5 Å². The van der Waals surface area contributed by atoms with E-state index in [-0.39, 0.29) is 11.3 Å². The van der Waals surface area contributed by atoms with Gasteiger partial charge >= 0.3 is 0 Å². The van der Waals surface area contributed by atoms with Crippen molar-refractivity contribution >= 4 is 33.4 Å². The van der Waals surface area contributed by atoms with Crippen LogP contribution in [0.25, 0.3) is 0 Å². The summed E-state index contributed by atoms with van der Waals surface area (Å²) in [4.78, 5) is 34.6. The van der Waals surface area contributed by atoms with Gasteiger partial charge in [0, 0.05) is 23.3 Å². The summed E-state index contributed by atoms with van der Waals surface area (Å²) in [5.74, 6) is -1.30. The summed E-state index contributed by atoms with van der Waals surface area (Å²) in [6.07, 6.45) is 1.68. The number of aryl methyl sites for hydroxylation is 2.